The second kappa shape index (κ2) is 5.26. The summed E-state index contributed by atoms with van der Waals surface area (Å²) in [4.78, 5) is 12.9. The van der Waals surface area contributed by atoms with Gasteiger partial charge in [-0.05, 0) is 30.5 Å². The van der Waals surface area contributed by atoms with E-state index >= 15 is 0 Å². The van der Waals surface area contributed by atoms with Crippen molar-refractivity contribution in [2.45, 2.75) is 6.92 Å². The number of nitrogens with zero attached hydrogens (tertiary/aromatic N) is 2. The second-order valence-electron chi connectivity index (χ2n) is 4.21. The molecule has 0 radical (unpaired) electrons. The van der Waals surface area contributed by atoms with Crippen LogP contribution in [-0.4, -0.2) is 16.1 Å². The molecule has 0 unspecified atom stereocenters. The summed E-state index contributed by atoms with van der Waals surface area (Å²) in [6.07, 6.45) is 0. The van der Waals surface area contributed by atoms with Gasteiger partial charge in [0.2, 0.25) is 0 Å². The van der Waals surface area contributed by atoms with Gasteiger partial charge in [-0.15, -0.1) is 16.4 Å². The fourth-order valence-electron chi connectivity index (χ4n) is 1.65. The highest BCUT2D eigenvalue weighted by Crippen LogP contribution is 2.24. The molecule has 6 heteroatoms. The number of aromatic nitrogens is 2. The number of carbonyl (C=O) groups is 1. The van der Waals surface area contributed by atoms with Crippen molar-refractivity contribution in [2.24, 2.45) is 0 Å². The number of thiophene rings is 1. The number of benzene rings is 1. The molecule has 5 nitrogen and oxygen atoms in total. The van der Waals surface area contributed by atoms with E-state index in [4.69, 9.17) is 4.42 Å². The molecule has 1 amide bonds. The van der Waals surface area contributed by atoms with Crippen molar-refractivity contribution in [3.8, 4) is 10.8 Å². The third-order valence-corrected chi connectivity index (χ3v) is 3.55. The summed E-state index contributed by atoms with van der Waals surface area (Å²) in [5.41, 5.74) is 1.64. The number of amides is 1. The Kier molecular flexibility index (Phi) is 3.30. The number of nitrogens with one attached hydrogen (secondary N) is 1. The van der Waals surface area contributed by atoms with Crippen LogP contribution >= 0.6 is 11.3 Å². The Hall–Kier alpha value is -2.47. The molecule has 2 aromatic heterocycles. The van der Waals surface area contributed by atoms with E-state index in [1.165, 1.54) is 11.3 Å². The lowest BCUT2D eigenvalue weighted by Gasteiger charge is -2.00. The minimum absolute atomic E-state index is 0.0963. The average Bonchev–Trinajstić information content (AvgIpc) is 3.09. The number of anilines is 1. The minimum atomic E-state index is -0.272. The van der Waals surface area contributed by atoms with Gasteiger partial charge in [0.25, 0.3) is 11.8 Å². The Balaban J connectivity index is 1.75. The maximum Gasteiger partial charge on any atom is 0.322 e. The van der Waals surface area contributed by atoms with Crippen molar-refractivity contribution in [1.29, 1.82) is 0 Å². The quantitative estimate of drug-likeness (QED) is 0.801. The minimum Gasteiger partial charge on any atom is -0.402 e. The molecule has 0 bridgehead atoms. The summed E-state index contributed by atoms with van der Waals surface area (Å²) >= 11 is 1.50. The van der Waals surface area contributed by atoms with Crippen LogP contribution in [0.15, 0.2) is 46.2 Å². The van der Waals surface area contributed by atoms with E-state index in [-0.39, 0.29) is 11.9 Å². The maximum absolute atomic E-state index is 12.0. The first-order valence-electron chi connectivity index (χ1n) is 5.98. The number of aryl methyl sites for hydroxylation is 1. The molecular formula is C14H11N3O2S. The van der Waals surface area contributed by atoms with Crippen LogP contribution in [0.5, 0.6) is 0 Å². The normalized spacial score (nSPS) is 10.4. The summed E-state index contributed by atoms with van der Waals surface area (Å²) < 4.78 is 5.40. The molecule has 3 aromatic rings. The van der Waals surface area contributed by atoms with Gasteiger partial charge in [0, 0.05) is 5.56 Å². The van der Waals surface area contributed by atoms with Crippen molar-refractivity contribution < 1.29 is 9.21 Å². The summed E-state index contributed by atoms with van der Waals surface area (Å²) in [6.45, 7) is 1.97. The first-order chi connectivity index (χ1) is 9.72. The smallest absolute Gasteiger partial charge is 0.322 e. The third-order valence-electron chi connectivity index (χ3n) is 2.69. The SMILES string of the molecule is Cc1ccc(C(=O)Nc2nnc(-c3cccs3)o2)cc1. The Labute approximate surface area is 119 Å². The van der Waals surface area contributed by atoms with Gasteiger partial charge in [0.1, 0.15) is 0 Å². The molecule has 0 aliphatic heterocycles. The van der Waals surface area contributed by atoms with Crippen molar-refractivity contribution in [2.75, 3.05) is 5.32 Å². The van der Waals surface area contributed by atoms with Gasteiger partial charge in [-0.25, -0.2) is 0 Å². The summed E-state index contributed by atoms with van der Waals surface area (Å²) in [5.74, 6) is 0.130. The van der Waals surface area contributed by atoms with Crippen LogP contribution in [0.4, 0.5) is 6.01 Å². The van der Waals surface area contributed by atoms with Crippen LogP contribution in [0.3, 0.4) is 0 Å². The molecule has 1 N–H and O–H groups in total. The Morgan fingerprint density at radius 3 is 2.70 bits per heavy atom. The highest BCUT2D eigenvalue weighted by molar-refractivity contribution is 7.13. The Morgan fingerprint density at radius 2 is 2.00 bits per heavy atom. The molecule has 0 saturated heterocycles. The number of hydrogen-bond donors (Lipinski definition) is 1. The molecule has 1 aromatic carbocycles. The number of hydrogen-bond acceptors (Lipinski definition) is 5. The summed E-state index contributed by atoms with van der Waals surface area (Å²) in [6, 6.07) is 11.1. The fourth-order valence-corrected chi connectivity index (χ4v) is 2.29. The molecule has 0 saturated carbocycles. The monoisotopic (exact) mass is 285 g/mol. The van der Waals surface area contributed by atoms with Gasteiger partial charge in [0.15, 0.2) is 0 Å². The average molecular weight is 285 g/mol. The topological polar surface area (TPSA) is 68.0 Å². The van der Waals surface area contributed by atoms with Crippen LogP contribution in [0.1, 0.15) is 15.9 Å². The van der Waals surface area contributed by atoms with Gasteiger partial charge >= 0.3 is 6.01 Å². The summed E-state index contributed by atoms with van der Waals surface area (Å²) in [7, 11) is 0. The van der Waals surface area contributed by atoms with Gasteiger partial charge in [-0.3, -0.25) is 10.1 Å². The highest BCUT2D eigenvalue weighted by Gasteiger charge is 2.12. The van der Waals surface area contributed by atoms with Crippen molar-refractivity contribution in [3.63, 3.8) is 0 Å². The van der Waals surface area contributed by atoms with Gasteiger partial charge < -0.3 is 4.42 Å². The molecule has 0 spiro atoms. The Morgan fingerprint density at radius 1 is 1.20 bits per heavy atom. The Bertz CT molecular complexity index is 717. The summed E-state index contributed by atoms with van der Waals surface area (Å²) in [5, 5.41) is 12.2. The van der Waals surface area contributed by atoms with Crippen LogP contribution in [0.2, 0.25) is 0 Å². The van der Waals surface area contributed by atoms with Gasteiger partial charge in [0.05, 0.1) is 4.88 Å². The van der Waals surface area contributed by atoms with E-state index in [2.05, 4.69) is 15.5 Å². The maximum atomic E-state index is 12.0. The predicted octanol–water partition coefficient (Wildman–Crippen LogP) is 3.36. The standard InChI is InChI=1S/C14H11N3O2S/c1-9-4-6-10(7-5-9)12(18)15-14-17-16-13(19-14)11-3-2-8-20-11/h2-8H,1H3,(H,15,17,18). The van der Waals surface area contributed by atoms with Crippen molar-refractivity contribution in [3.05, 3.63) is 52.9 Å². The van der Waals surface area contributed by atoms with Crippen LogP contribution in [0, 0.1) is 6.92 Å². The van der Waals surface area contributed by atoms with Gasteiger partial charge in [-0.2, -0.15) is 0 Å². The highest BCUT2D eigenvalue weighted by atomic mass is 32.1. The fraction of sp³-hybridized carbons (Fsp3) is 0.0714. The van der Waals surface area contributed by atoms with E-state index in [1.54, 1.807) is 12.1 Å². The van der Waals surface area contributed by atoms with Crippen molar-refractivity contribution in [1.82, 2.24) is 10.2 Å². The predicted molar refractivity (Wildman–Crippen MR) is 76.7 cm³/mol. The van der Waals surface area contributed by atoms with E-state index < -0.39 is 0 Å². The van der Waals surface area contributed by atoms with Crippen molar-refractivity contribution >= 4 is 23.3 Å². The first kappa shape index (κ1) is 12.6. The molecule has 20 heavy (non-hydrogen) atoms. The first-order valence-corrected chi connectivity index (χ1v) is 6.86. The van der Waals surface area contributed by atoms with Crippen LogP contribution in [0.25, 0.3) is 10.8 Å². The second-order valence-corrected chi connectivity index (χ2v) is 5.16. The molecule has 0 aliphatic carbocycles. The molecule has 100 valence electrons. The zero-order valence-corrected chi connectivity index (χ0v) is 11.5. The van der Waals surface area contributed by atoms with E-state index in [1.807, 2.05) is 36.6 Å². The molecule has 3 rings (SSSR count). The zero-order valence-electron chi connectivity index (χ0n) is 10.7. The zero-order chi connectivity index (χ0) is 13.9. The molecule has 0 fully saturated rings. The lowest BCUT2D eigenvalue weighted by atomic mass is 10.1. The third kappa shape index (κ3) is 2.60. The molecule has 0 atom stereocenters. The largest absolute Gasteiger partial charge is 0.402 e. The van der Waals surface area contributed by atoms with Crippen LogP contribution in [-0.2, 0) is 0 Å². The molecule has 0 aliphatic rings. The molecular weight excluding hydrogens is 274 g/mol. The van der Waals surface area contributed by atoms with E-state index in [0.717, 1.165) is 10.4 Å². The van der Waals surface area contributed by atoms with E-state index in [0.29, 0.717) is 11.5 Å². The van der Waals surface area contributed by atoms with E-state index in [9.17, 15) is 4.79 Å². The number of carbonyl (C=O) groups excluding carboxylic acids is 1. The lowest BCUT2D eigenvalue weighted by molar-refractivity contribution is 0.102. The van der Waals surface area contributed by atoms with Gasteiger partial charge in [-0.1, -0.05) is 28.9 Å². The lowest BCUT2D eigenvalue weighted by Crippen LogP contribution is -2.11. The van der Waals surface area contributed by atoms with Crippen LogP contribution < -0.4 is 5.32 Å². The molecule has 2 heterocycles. The number of rotatable bonds is 3.